The highest BCUT2D eigenvalue weighted by atomic mass is 127. The lowest BCUT2D eigenvalue weighted by Gasteiger charge is -2.39. The average molecular weight is 730 g/mol. The van der Waals surface area contributed by atoms with Crippen molar-refractivity contribution in [2.24, 2.45) is 0 Å². The molecule has 1 atom stereocenters. The quantitative estimate of drug-likeness (QED) is 0.240. The summed E-state index contributed by atoms with van der Waals surface area (Å²) in [5.74, 6) is -2.20. The second-order valence-corrected chi connectivity index (χ2v) is 12.8. The highest BCUT2D eigenvalue weighted by molar-refractivity contribution is 7.89. The van der Waals surface area contributed by atoms with Crippen LogP contribution in [0, 0.1) is 6.92 Å². The Morgan fingerprint density at radius 3 is 2.63 bits per heavy atom. The van der Waals surface area contributed by atoms with Crippen molar-refractivity contribution in [3.05, 3.63) is 64.4 Å². The first kappa shape index (κ1) is 31.0. The number of carboxylic acid groups (broad SMARTS) is 1. The molecule has 2 aromatic heterocycles. The van der Waals surface area contributed by atoms with E-state index in [0.29, 0.717) is 15.4 Å². The molecule has 0 aliphatic carbocycles. The van der Waals surface area contributed by atoms with Crippen LogP contribution in [0.1, 0.15) is 21.9 Å². The number of nitrogens with one attached hydrogen (secondary N) is 2. The molecule has 1 unspecified atom stereocenters. The Morgan fingerprint density at radius 1 is 1.15 bits per heavy atom. The second kappa shape index (κ2) is 12.5. The number of hydrogen-bond donors (Lipinski definition) is 2. The molecule has 1 fully saturated rings. The molecule has 3 N–H and O–H groups in total. The van der Waals surface area contributed by atoms with Crippen molar-refractivity contribution in [1.29, 1.82) is 0 Å². The number of fused-ring (bicyclic) bond motifs is 2. The van der Waals surface area contributed by atoms with Crippen molar-refractivity contribution in [2.75, 3.05) is 26.2 Å². The maximum Gasteiger partial charge on any atom is 0.330 e. The molecular weight excluding hydrogens is 705 g/mol. The number of aliphatic carboxylic acids is 1. The van der Waals surface area contributed by atoms with Gasteiger partial charge in [-0.05, 0) is 42.0 Å². The fourth-order valence-corrected chi connectivity index (χ4v) is 7.26. The van der Waals surface area contributed by atoms with Crippen molar-refractivity contribution in [3.8, 4) is 0 Å². The van der Waals surface area contributed by atoms with Gasteiger partial charge in [0.25, 0.3) is 0 Å². The van der Waals surface area contributed by atoms with Crippen LogP contribution in [0.3, 0.4) is 0 Å². The zero-order valence-corrected chi connectivity index (χ0v) is 26.2. The zero-order valence-electron chi connectivity index (χ0n) is 21.6. The molecule has 4 aromatic rings. The maximum absolute atomic E-state index is 13.6. The largest absolute Gasteiger partial charge is 1.00 e. The molecule has 0 bridgehead atoms. The number of nitrogens with zero attached hydrogens (tertiary/aromatic N) is 3. The summed E-state index contributed by atoms with van der Waals surface area (Å²) in [6.07, 6.45) is 1.40. The third-order valence-corrected chi connectivity index (χ3v) is 9.76. The highest BCUT2D eigenvalue weighted by Gasteiger charge is 2.40. The summed E-state index contributed by atoms with van der Waals surface area (Å²) in [4.78, 5) is 46.0. The van der Waals surface area contributed by atoms with Crippen molar-refractivity contribution < 1.29 is 56.9 Å². The number of thiazole rings is 1. The number of carboxylic acids is 1. The van der Waals surface area contributed by atoms with Gasteiger partial charge in [-0.2, -0.15) is 9.29 Å². The number of H-pyrrole nitrogens is 1. The minimum atomic E-state index is -3.97. The summed E-state index contributed by atoms with van der Waals surface area (Å²) < 4.78 is 29.3. The molecule has 2 amide bonds. The Kier molecular flexibility index (Phi) is 9.48. The first-order valence-electron chi connectivity index (χ1n) is 12.3. The van der Waals surface area contributed by atoms with E-state index in [4.69, 9.17) is 16.7 Å². The number of piperazine rings is 1. The van der Waals surface area contributed by atoms with Gasteiger partial charge in [0.2, 0.25) is 21.4 Å². The lowest BCUT2D eigenvalue weighted by atomic mass is 10.1. The van der Waals surface area contributed by atoms with Crippen LogP contribution in [0.25, 0.3) is 21.0 Å². The molecule has 5 rings (SSSR count). The van der Waals surface area contributed by atoms with Gasteiger partial charge in [0, 0.05) is 42.8 Å². The summed E-state index contributed by atoms with van der Waals surface area (Å²) >= 11 is 7.27. The normalized spacial score (nSPS) is 16.0. The number of sulfonamides is 1. The number of hydrogen-bond acceptors (Lipinski definition) is 7. The Bertz CT molecular complexity index is 1770. The number of carbonyl (C=O) groups is 3. The fraction of sp³-hybridized carbons (Fsp3) is 0.269. The van der Waals surface area contributed by atoms with E-state index in [9.17, 15) is 22.8 Å². The predicted molar refractivity (Wildman–Crippen MR) is 149 cm³/mol. The van der Waals surface area contributed by atoms with E-state index in [-0.39, 0.29) is 60.8 Å². The molecule has 0 saturated carbocycles. The first-order chi connectivity index (χ1) is 19.0. The average Bonchev–Trinajstić information content (AvgIpc) is 3.34. The number of carbonyl (C=O) groups excluding carboxylic acids is 2. The number of aryl methyl sites for hydroxylation is 1. The van der Waals surface area contributed by atoms with Gasteiger partial charge in [-0.1, -0.05) is 35.1 Å². The molecule has 3 heterocycles. The van der Waals surface area contributed by atoms with Gasteiger partial charge in [0.15, 0.2) is 0 Å². The maximum atomic E-state index is 13.6. The van der Waals surface area contributed by atoms with E-state index in [0.717, 1.165) is 21.3 Å². The Balaban J connectivity index is 0.00000387. The van der Waals surface area contributed by atoms with Crippen LogP contribution in [0.2, 0.25) is 5.02 Å². The van der Waals surface area contributed by atoms with Gasteiger partial charge >= 0.3 is 16.9 Å². The van der Waals surface area contributed by atoms with Gasteiger partial charge in [-0.25, -0.2) is 8.42 Å². The SMILES string of the molecule is Cc1cc2[nH+]c(C(=O)N3CCN(S(=O)(=O)c4ccc5cc(Cl)ccc5c4)CC3CC(=O)NCC(=O)O)sc2cn1.[I-]. The second-order valence-electron chi connectivity index (χ2n) is 9.42. The topological polar surface area (TPSA) is 151 Å². The zero-order chi connectivity index (χ0) is 28.6. The van der Waals surface area contributed by atoms with E-state index in [1.54, 1.807) is 36.5 Å². The first-order valence-corrected chi connectivity index (χ1v) is 14.9. The van der Waals surface area contributed by atoms with Crippen LogP contribution < -0.4 is 34.3 Å². The molecule has 1 aliphatic heterocycles. The Labute approximate surface area is 261 Å². The fourth-order valence-electron chi connectivity index (χ4n) is 4.66. The lowest BCUT2D eigenvalue weighted by molar-refractivity contribution is -0.343. The smallest absolute Gasteiger partial charge is 0.330 e. The van der Waals surface area contributed by atoms with Gasteiger partial charge in [0.05, 0.1) is 17.1 Å². The van der Waals surface area contributed by atoms with Gasteiger partial charge in [-0.15, -0.1) is 0 Å². The number of rotatable bonds is 7. The minimum Gasteiger partial charge on any atom is -1.00 e. The third kappa shape index (κ3) is 6.77. The molecule has 1 aliphatic rings. The van der Waals surface area contributed by atoms with E-state index >= 15 is 0 Å². The monoisotopic (exact) mass is 729 g/mol. The van der Waals surface area contributed by atoms with Crippen molar-refractivity contribution >= 4 is 71.7 Å². The predicted octanol–water partition coefficient (Wildman–Crippen LogP) is -0.664. The van der Waals surface area contributed by atoms with Crippen LogP contribution >= 0.6 is 22.9 Å². The molecule has 216 valence electrons. The Morgan fingerprint density at radius 2 is 1.88 bits per heavy atom. The van der Waals surface area contributed by atoms with Gasteiger partial charge < -0.3 is 39.3 Å². The summed E-state index contributed by atoms with van der Waals surface area (Å²) in [5, 5.41) is 13.6. The Hall–Kier alpha value is -2.92. The standard InChI is InChI=1S/C26H24ClN5O6S2.HI/c1-15-8-21-22(12-28-15)39-25(30-21)26(36)32-7-6-31(14-19(32)11-23(33)29-13-24(34)35)40(37,38)20-5-3-16-9-18(27)4-2-17(16)10-20;/h2-5,8-10,12,19H,6-7,11,13-14H2,1H3,(H,29,33)(H,34,35);1H. The number of amides is 2. The minimum absolute atomic E-state index is 0. The summed E-state index contributed by atoms with van der Waals surface area (Å²) in [6, 6.07) is 10.9. The molecule has 41 heavy (non-hydrogen) atoms. The van der Waals surface area contributed by atoms with E-state index < -0.39 is 34.5 Å². The lowest BCUT2D eigenvalue weighted by Crippen LogP contribution is -3.00. The van der Waals surface area contributed by atoms with E-state index in [1.807, 2.05) is 13.0 Å². The van der Waals surface area contributed by atoms with Crippen LogP contribution in [-0.2, 0) is 19.6 Å². The molecule has 15 heteroatoms. The number of benzene rings is 2. The molecule has 0 spiro atoms. The van der Waals surface area contributed by atoms with Crippen LogP contribution in [0.5, 0.6) is 0 Å². The van der Waals surface area contributed by atoms with E-state index in [1.165, 1.54) is 26.6 Å². The number of aromatic nitrogens is 2. The number of halogens is 2. The highest BCUT2D eigenvalue weighted by Crippen LogP contribution is 2.28. The molecule has 1 saturated heterocycles. The number of pyridine rings is 1. The third-order valence-electron chi connectivity index (χ3n) is 6.63. The summed E-state index contributed by atoms with van der Waals surface area (Å²) in [6.45, 7) is 1.17. The summed E-state index contributed by atoms with van der Waals surface area (Å²) in [7, 11) is -3.97. The van der Waals surface area contributed by atoms with Gasteiger partial charge in [-0.3, -0.25) is 19.4 Å². The van der Waals surface area contributed by atoms with Gasteiger partial charge in [0.1, 0.15) is 11.2 Å². The van der Waals surface area contributed by atoms with E-state index in [2.05, 4.69) is 15.3 Å². The molecule has 11 nitrogen and oxygen atoms in total. The molecule has 0 radical (unpaired) electrons. The van der Waals surface area contributed by atoms with Crippen LogP contribution in [0.15, 0.2) is 53.6 Å². The molecular formula is C26H25ClIN5O6S2. The van der Waals surface area contributed by atoms with Crippen molar-refractivity contribution in [2.45, 2.75) is 24.3 Å². The molecule has 2 aromatic carbocycles. The van der Waals surface area contributed by atoms with Crippen LogP contribution in [0.4, 0.5) is 0 Å². The summed E-state index contributed by atoms with van der Waals surface area (Å²) in [5.41, 5.74) is 1.53. The van der Waals surface area contributed by atoms with Crippen molar-refractivity contribution in [3.63, 3.8) is 0 Å². The van der Waals surface area contributed by atoms with Crippen LogP contribution in [-0.4, -0.2) is 77.7 Å². The number of aromatic amines is 1. The van der Waals surface area contributed by atoms with Crippen molar-refractivity contribution in [1.82, 2.24) is 19.5 Å².